The second-order valence-corrected chi connectivity index (χ2v) is 10.2. The number of para-hydroxylation sites is 1. The largest absolute Gasteiger partial charge is 0.416 e. The SMILES string of the molecule is CCN1c2c(c([C@@H](O)CNC#N)nn2-c2ccccc2)B(c2ccc(F)cc2)[C@H](NC(=O)c2cccc(C(F)(F)F)c2)C1O. The molecular weight excluding hydrogens is 579 g/mol. The number of aliphatic hydroxyl groups excluding tert-OH is 2. The first-order valence-electron chi connectivity index (χ1n) is 13.7. The molecule has 4 aromatic rings. The summed E-state index contributed by atoms with van der Waals surface area (Å²) in [6.07, 6.45) is -5.68. The number of nitriles is 1. The Hall–Kier alpha value is -4.87. The van der Waals surface area contributed by atoms with Crippen molar-refractivity contribution in [2.24, 2.45) is 0 Å². The minimum atomic E-state index is -4.68. The van der Waals surface area contributed by atoms with Crippen LogP contribution in [0.15, 0.2) is 78.9 Å². The van der Waals surface area contributed by atoms with E-state index < -0.39 is 48.4 Å². The Morgan fingerprint density at radius 3 is 2.45 bits per heavy atom. The lowest BCUT2D eigenvalue weighted by atomic mass is 9.34. The number of benzene rings is 3. The average molecular weight is 606 g/mol. The first kappa shape index (κ1) is 30.6. The third-order valence-corrected chi connectivity index (χ3v) is 7.52. The van der Waals surface area contributed by atoms with Gasteiger partial charge in [-0.3, -0.25) is 4.79 Å². The number of fused-ring (bicyclic) bond motifs is 1. The lowest BCUT2D eigenvalue weighted by Gasteiger charge is -2.43. The molecule has 1 aliphatic heterocycles. The summed E-state index contributed by atoms with van der Waals surface area (Å²) in [5.74, 6) is -2.23. The van der Waals surface area contributed by atoms with Crippen molar-refractivity contribution in [2.45, 2.75) is 31.4 Å². The van der Waals surface area contributed by atoms with Gasteiger partial charge in [-0.15, -0.1) is 0 Å². The van der Waals surface area contributed by atoms with Crippen molar-refractivity contribution in [1.29, 1.82) is 5.26 Å². The number of aliphatic hydroxyl groups is 2. The zero-order chi connectivity index (χ0) is 31.6. The summed E-state index contributed by atoms with van der Waals surface area (Å²) in [6, 6.07) is 18.1. The van der Waals surface area contributed by atoms with E-state index in [0.717, 1.165) is 18.2 Å². The molecular formula is C30H27BF4N6O3. The maximum absolute atomic E-state index is 14.1. The fourth-order valence-corrected chi connectivity index (χ4v) is 5.53. The molecule has 5 rings (SSSR count). The van der Waals surface area contributed by atoms with Crippen LogP contribution in [0.2, 0.25) is 0 Å². The quantitative estimate of drug-likeness (QED) is 0.105. The lowest BCUT2D eigenvalue weighted by molar-refractivity contribution is -0.137. The van der Waals surface area contributed by atoms with Gasteiger partial charge in [-0.25, -0.2) is 9.07 Å². The van der Waals surface area contributed by atoms with E-state index in [1.807, 2.05) is 0 Å². The number of carbonyl (C=O) groups excluding carboxylic acids is 1. The number of anilines is 1. The summed E-state index contributed by atoms with van der Waals surface area (Å²) in [4.78, 5) is 15.0. The summed E-state index contributed by atoms with van der Waals surface area (Å²) in [6.45, 7) is 0.792. The van der Waals surface area contributed by atoms with Crippen molar-refractivity contribution in [3.8, 4) is 11.9 Å². The molecule has 9 nitrogen and oxygen atoms in total. The minimum absolute atomic E-state index is 0.129. The number of carbonyl (C=O) groups is 1. The van der Waals surface area contributed by atoms with Gasteiger partial charge in [0.05, 0.1) is 29.4 Å². The van der Waals surface area contributed by atoms with Crippen LogP contribution in [0.5, 0.6) is 0 Å². The Morgan fingerprint density at radius 2 is 1.82 bits per heavy atom. The summed E-state index contributed by atoms with van der Waals surface area (Å²) >= 11 is 0. The van der Waals surface area contributed by atoms with E-state index in [4.69, 9.17) is 10.4 Å². The molecule has 226 valence electrons. The van der Waals surface area contributed by atoms with Gasteiger partial charge in [0.2, 0.25) is 6.71 Å². The lowest BCUT2D eigenvalue weighted by Crippen LogP contribution is -2.71. The molecule has 1 aliphatic rings. The standard InChI is InChI=1S/C30H27BF4N6O3/c1-2-40-28-24(25(23(42)16-37-17-36)39-41(28)22-9-4-3-5-10-22)31(20-11-13-21(32)14-12-20)26(29(40)44)38-27(43)18-7-6-8-19(15-18)30(33,34)35/h3-15,23,26,29,37,42,44H,2,16H2,1H3,(H,38,43)/t23-,26+,29?/m0/s1. The molecule has 44 heavy (non-hydrogen) atoms. The van der Waals surface area contributed by atoms with Crippen LogP contribution in [0, 0.1) is 17.3 Å². The number of hydrogen-bond donors (Lipinski definition) is 4. The van der Waals surface area contributed by atoms with Crippen LogP contribution in [0.4, 0.5) is 23.4 Å². The minimum Gasteiger partial charge on any atom is -0.385 e. The number of alkyl halides is 3. The number of rotatable bonds is 8. The van der Waals surface area contributed by atoms with Crippen LogP contribution in [-0.4, -0.2) is 57.9 Å². The third kappa shape index (κ3) is 5.84. The first-order chi connectivity index (χ1) is 21.0. The van der Waals surface area contributed by atoms with Gasteiger partial charge in [-0.2, -0.15) is 23.5 Å². The van der Waals surface area contributed by atoms with E-state index in [9.17, 15) is 32.6 Å². The van der Waals surface area contributed by atoms with E-state index >= 15 is 0 Å². The summed E-state index contributed by atoms with van der Waals surface area (Å²) < 4.78 is 55.8. The average Bonchev–Trinajstić information content (AvgIpc) is 3.41. The molecule has 2 heterocycles. The molecule has 0 radical (unpaired) electrons. The number of halogens is 4. The summed E-state index contributed by atoms with van der Waals surface area (Å²) in [7, 11) is 0. The van der Waals surface area contributed by atoms with Crippen LogP contribution in [-0.2, 0) is 6.18 Å². The highest BCUT2D eigenvalue weighted by molar-refractivity contribution is 6.88. The molecule has 14 heteroatoms. The van der Waals surface area contributed by atoms with Crippen LogP contribution < -0.4 is 26.5 Å². The van der Waals surface area contributed by atoms with Crippen LogP contribution in [0.1, 0.15) is 34.6 Å². The number of likely N-dealkylation sites (N-methyl/N-ethyl adjacent to an activating group) is 1. The van der Waals surface area contributed by atoms with E-state index in [1.54, 1.807) is 48.3 Å². The predicted octanol–water partition coefficient (Wildman–Crippen LogP) is 2.24. The molecule has 1 unspecified atom stereocenters. The molecule has 0 saturated heterocycles. The first-order valence-corrected chi connectivity index (χ1v) is 13.7. The topological polar surface area (TPSA) is 126 Å². The van der Waals surface area contributed by atoms with Gasteiger partial charge in [0, 0.05) is 12.1 Å². The Kier molecular flexibility index (Phi) is 8.62. The predicted molar refractivity (Wildman–Crippen MR) is 155 cm³/mol. The fourth-order valence-electron chi connectivity index (χ4n) is 5.53. The second-order valence-electron chi connectivity index (χ2n) is 10.2. The fraction of sp³-hybridized carbons (Fsp3) is 0.233. The van der Waals surface area contributed by atoms with Crippen LogP contribution >= 0.6 is 0 Å². The van der Waals surface area contributed by atoms with Gasteiger partial charge in [0.1, 0.15) is 24.0 Å². The molecule has 0 saturated carbocycles. The van der Waals surface area contributed by atoms with Gasteiger partial charge in [0.25, 0.3) is 5.91 Å². The van der Waals surface area contributed by atoms with E-state index in [-0.39, 0.29) is 24.3 Å². The maximum atomic E-state index is 14.1. The highest BCUT2D eigenvalue weighted by Gasteiger charge is 2.49. The van der Waals surface area contributed by atoms with Crippen molar-refractivity contribution in [3.63, 3.8) is 0 Å². The van der Waals surface area contributed by atoms with E-state index in [1.165, 1.54) is 35.0 Å². The molecule has 0 spiro atoms. The van der Waals surface area contributed by atoms with Crippen molar-refractivity contribution >= 4 is 29.4 Å². The van der Waals surface area contributed by atoms with Crippen molar-refractivity contribution in [2.75, 3.05) is 18.0 Å². The monoisotopic (exact) mass is 606 g/mol. The Balaban J connectivity index is 1.71. The summed E-state index contributed by atoms with van der Waals surface area (Å²) in [5, 5.41) is 41.9. The molecule has 4 N–H and O–H groups in total. The van der Waals surface area contributed by atoms with Gasteiger partial charge in [-0.1, -0.05) is 41.9 Å². The number of amides is 1. The second kappa shape index (κ2) is 12.4. The highest BCUT2D eigenvalue weighted by Crippen LogP contribution is 2.32. The zero-order valence-electron chi connectivity index (χ0n) is 23.3. The van der Waals surface area contributed by atoms with Gasteiger partial charge < -0.3 is 25.7 Å². The smallest absolute Gasteiger partial charge is 0.385 e. The Morgan fingerprint density at radius 1 is 1.11 bits per heavy atom. The van der Waals surface area contributed by atoms with Gasteiger partial charge in [-0.05, 0) is 54.9 Å². The number of nitrogens with one attached hydrogen (secondary N) is 2. The molecule has 1 amide bonds. The molecule has 0 bridgehead atoms. The number of hydrogen-bond acceptors (Lipinski definition) is 7. The van der Waals surface area contributed by atoms with Crippen LogP contribution in [0.3, 0.4) is 0 Å². The maximum Gasteiger partial charge on any atom is 0.416 e. The molecule has 3 atom stereocenters. The Bertz CT molecular complexity index is 1680. The number of nitrogens with zero attached hydrogens (tertiary/aromatic N) is 4. The highest BCUT2D eigenvalue weighted by atomic mass is 19.4. The zero-order valence-corrected chi connectivity index (χ0v) is 23.3. The third-order valence-electron chi connectivity index (χ3n) is 7.52. The normalized spacial score (nSPS) is 17.0. The molecule has 1 aromatic heterocycles. The molecule has 0 fully saturated rings. The number of aromatic nitrogens is 2. The van der Waals surface area contributed by atoms with E-state index in [2.05, 4.69) is 10.6 Å². The van der Waals surface area contributed by atoms with Crippen molar-refractivity contribution in [1.82, 2.24) is 20.4 Å². The van der Waals surface area contributed by atoms with Crippen LogP contribution in [0.25, 0.3) is 5.69 Å². The Labute approximate surface area is 250 Å². The summed E-state index contributed by atoms with van der Waals surface area (Å²) in [5.41, 5.74) is 0.244. The van der Waals surface area contributed by atoms with Gasteiger partial charge in [0.15, 0.2) is 6.19 Å². The van der Waals surface area contributed by atoms with E-state index in [0.29, 0.717) is 22.4 Å². The van der Waals surface area contributed by atoms with Gasteiger partial charge >= 0.3 is 6.18 Å². The van der Waals surface area contributed by atoms with Crippen molar-refractivity contribution in [3.05, 3.63) is 102 Å². The molecule has 0 aliphatic carbocycles. The van der Waals surface area contributed by atoms with Crippen molar-refractivity contribution < 1.29 is 32.6 Å². The molecule has 3 aromatic carbocycles.